The van der Waals surface area contributed by atoms with Crippen LogP contribution in [-0.4, -0.2) is 87.5 Å². The van der Waals surface area contributed by atoms with E-state index in [0.29, 0.717) is 6.42 Å². The Kier molecular flexibility index (Phi) is 51.5. The number of aliphatic hydroxyl groups excluding tert-OH is 5. The first-order valence-corrected chi connectivity index (χ1v) is 30.9. The minimum absolute atomic E-state index is 0.198. The van der Waals surface area contributed by atoms with Gasteiger partial charge in [-0.25, -0.2) is 0 Å². The van der Waals surface area contributed by atoms with Crippen LogP contribution in [0.25, 0.3) is 0 Å². The normalized spacial score (nSPS) is 19.7. The summed E-state index contributed by atoms with van der Waals surface area (Å²) in [6.07, 6.45) is 78.1. The summed E-state index contributed by atoms with van der Waals surface area (Å²) in [5, 5.41) is 54.5. The molecule has 9 nitrogen and oxygen atoms in total. The summed E-state index contributed by atoms with van der Waals surface area (Å²) in [4.78, 5) is 13.1. The number of aliphatic hydroxyl groups is 5. The summed E-state index contributed by atoms with van der Waals surface area (Å²) in [6.45, 7) is 3.63. The second-order valence-electron chi connectivity index (χ2n) is 20.7. The van der Waals surface area contributed by atoms with Crippen molar-refractivity contribution in [2.24, 2.45) is 0 Å². The summed E-state index contributed by atoms with van der Waals surface area (Å²) in [7, 11) is 0. The standard InChI is InChI=1S/C68H113NO8/c1-3-5-7-9-11-13-15-17-19-21-22-23-24-25-26-27-28-29-30-31-32-33-34-35-36-37-38-39-40-42-44-46-48-50-52-54-56-58-64(72)69-61(60-76-68-67(75)66(74)65(73)63(59-70)77-68)62(71)57-55-53-51-49-47-45-43-41-20-18-16-14-12-10-8-6-4-2/h5,7,11,13,17,19-20,22-23,25-26,28-29,31-32,34-35,41,47,49,55,57,61-63,65-68,70-71,73-75H,3-4,6,8-10,12,14-16,18,21,24,27,30,33,36-40,42-46,48,50-54,56,58-60H2,1-2H3,(H,69,72)/b7-5-,13-11-,19-17-,23-22-,26-25-,29-28-,32-31-,35-34-,41-20+,49-47+,57-55+. The van der Waals surface area contributed by atoms with Gasteiger partial charge in [0.25, 0.3) is 0 Å². The Hall–Kier alpha value is -3.67. The Morgan fingerprint density at radius 1 is 0.455 bits per heavy atom. The second kappa shape index (κ2) is 55.6. The summed E-state index contributed by atoms with van der Waals surface area (Å²) >= 11 is 0. The van der Waals surface area contributed by atoms with Crippen molar-refractivity contribution in [1.29, 1.82) is 0 Å². The van der Waals surface area contributed by atoms with Crippen LogP contribution in [0.3, 0.4) is 0 Å². The van der Waals surface area contributed by atoms with E-state index in [1.54, 1.807) is 6.08 Å². The van der Waals surface area contributed by atoms with Crippen LogP contribution in [0, 0.1) is 0 Å². The third-order valence-corrected chi connectivity index (χ3v) is 13.7. The first-order valence-electron chi connectivity index (χ1n) is 30.9. The van der Waals surface area contributed by atoms with Crippen LogP contribution >= 0.6 is 0 Å². The van der Waals surface area contributed by atoms with E-state index in [4.69, 9.17) is 9.47 Å². The van der Waals surface area contributed by atoms with E-state index in [1.807, 2.05) is 6.08 Å². The van der Waals surface area contributed by atoms with Gasteiger partial charge in [0.2, 0.25) is 5.91 Å². The molecular formula is C68H113NO8. The maximum absolute atomic E-state index is 13.1. The van der Waals surface area contributed by atoms with Gasteiger partial charge in [0, 0.05) is 6.42 Å². The molecule has 6 N–H and O–H groups in total. The van der Waals surface area contributed by atoms with Gasteiger partial charge < -0.3 is 40.3 Å². The minimum Gasteiger partial charge on any atom is -0.394 e. The lowest BCUT2D eigenvalue weighted by atomic mass is 9.99. The predicted octanol–water partition coefficient (Wildman–Crippen LogP) is 16.1. The Balaban J connectivity index is 2.18. The fourth-order valence-corrected chi connectivity index (χ4v) is 8.85. The minimum atomic E-state index is -1.58. The molecule has 0 aromatic carbocycles. The average Bonchev–Trinajstić information content (AvgIpc) is 3.43. The molecule has 7 unspecified atom stereocenters. The number of allylic oxidation sites excluding steroid dienone is 21. The number of ether oxygens (including phenoxy) is 2. The van der Waals surface area contributed by atoms with Gasteiger partial charge in [-0.1, -0.05) is 250 Å². The Morgan fingerprint density at radius 2 is 0.818 bits per heavy atom. The van der Waals surface area contributed by atoms with Gasteiger partial charge in [-0.15, -0.1) is 0 Å². The molecule has 0 saturated carbocycles. The van der Waals surface area contributed by atoms with Crippen molar-refractivity contribution >= 4 is 5.91 Å². The molecule has 1 saturated heterocycles. The van der Waals surface area contributed by atoms with Crippen LogP contribution in [0.1, 0.15) is 232 Å². The van der Waals surface area contributed by atoms with E-state index < -0.39 is 49.5 Å². The molecule has 1 aliphatic heterocycles. The quantitative estimate of drug-likeness (QED) is 0.0261. The first-order chi connectivity index (χ1) is 37.8. The smallest absolute Gasteiger partial charge is 0.220 e. The van der Waals surface area contributed by atoms with Crippen LogP contribution in [0.2, 0.25) is 0 Å². The van der Waals surface area contributed by atoms with Crippen molar-refractivity contribution in [1.82, 2.24) is 5.32 Å². The van der Waals surface area contributed by atoms with Gasteiger partial charge in [0.1, 0.15) is 24.4 Å². The molecule has 0 aromatic heterocycles. The molecule has 0 radical (unpaired) electrons. The molecule has 9 heteroatoms. The molecule has 0 aliphatic carbocycles. The third-order valence-electron chi connectivity index (χ3n) is 13.7. The first kappa shape index (κ1) is 71.3. The fourth-order valence-electron chi connectivity index (χ4n) is 8.85. The fraction of sp³-hybridized carbons (Fsp3) is 0.662. The number of hydrogen-bond acceptors (Lipinski definition) is 8. The molecule has 438 valence electrons. The number of nitrogens with one attached hydrogen (secondary N) is 1. The van der Waals surface area contributed by atoms with E-state index >= 15 is 0 Å². The SMILES string of the molecule is CC/C=C\C/C=C\C/C=C\C/C=C\C/C=C\C/C=C\C/C=C\C/C=C\CCCCCCCCCCCCCCC(=O)NC(COC1OC(CO)C(O)C(O)C1O)C(O)/C=C/CC/C=C/CC/C=C/CCCCCCCCC. The van der Waals surface area contributed by atoms with Gasteiger partial charge in [-0.05, 0) is 109 Å². The zero-order chi connectivity index (χ0) is 55.8. The number of unbranched alkanes of at least 4 members (excludes halogenated alkanes) is 21. The summed E-state index contributed by atoms with van der Waals surface area (Å²) in [5.41, 5.74) is 0. The van der Waals surface area contributed by atoms with Crippen LogP contribution < -0.4 is 5.32 Å². The molecule has 77 heavy (non-hydrogen) atoms. The summed E-state index contributed by atoms with van der Waals surface area (Å²) < 4.78 is 11.3. The lowest BCUT2D eigenvalue weighted by Gasteiger charge is -2.40. The van der Waals surface area contributed by atoms with Crippen LogP contribution in [-0.2, 0) is 14.3 Å². The molecule has 1 heterocycles. The van der Waals surface area contributed by atoms with Gasteiger partial charge in [-0.3, -0.25) is 4.79 Å². The van der Waals surface area contributed by atoms with Gasteiger partial charge in [0.05, 0.1) is 25.4 Å². The van der Waals surface area contributed by atoms with Crippen molar-refractivity contribution in [3.8, 4) is 0 Å². The molecule has 0 bridgehead atoms. The number of hydrogen-bond donors (Lipinski definition) is 6. The van der Waals surface area contributed by atoms with Crippen LogP contribution in [0.4, 0.5) is 0 Å². The number of rotatable bonds is 51. The molecule has 1 aliphatic rings. The van der Waals surface area contributed by atoms with Crippen LogP contribution in [0.5, 0.6) is 0 Å². The van der Waals surface area contributed by atoms with Gasteiger partial charge >= 0.3 is 0 Å². The maximum atomic E-state index is 13.1. The van der Waals surface area contributed by atoms with Crippen LogP contribution in [0.15, 0.2) is 134 Å². The second-order valence-corrected chi connectivity index (χ2v) is 20.7. The van der Waals surface area contributed by atoms with Gasteiger partial charge in [-0.2, -0.15) is 0 Å². The molecule has 1 amide bonds. The van der Waals surface area contributed by atoms with E-state index in [2.05, 4.69) is 141 Å². The molecule has 0 spiro atoms. The zero-order valence-corrected chi connectivity index (χ0v) is 48.7. The van der Waals surface area contributed by atoms with Crippen molar-refractivity contribution in [3.63, 3.8) is 0 Å². The Labute approximate surface area is 471 Å². The Bertz CT molecular complexity index is 1670. The topological polar surface area (TPSA) is 149 Å². The number of amides is 1. The molecule has 1 fully saturated rings. The average molecular weight is 1070 g/mol. The van der Waals surface area contributed by atoms with E-state index in [9.17, 15) is 30.3 Å². The third kappa shape index (κ3) is 44.8. The van der Waals surface area contributed by atoms with Crippen molar-refractivity contribution in [2.75, 3.05) is 13.2 Å². The highest BCUT2D eigenvalue weighted by Crippen LogP contribution is 2.23. The van der Waals surface area contributed by atoms with Gasteiger partial charge in [0.15, 0.2) is 6.29 Å². The summed E-state index contributed by atoms with van der Waals surface area (Å²) in [5.74, 6) is -0.198. The lowest BCUT2D eigenvalue weighted by Crippen LogP contribution is -2.60. The number of carbonyl (C=O) groups excluding carboxylic acids is 1. The van der Waals surface area contributed by atoms with E-state index in [-0.39, 0.29) is 12.5 Å². The van der Waals surface area contributed by atoms with Crippen molar-refractivity contribution in [2.45, 2.75) is 275 Å². The zero-order valence-electron chi connectivity index (χ0n) is 48.7. The lowest BCUT2D eigenvalue weighted by molar-refractivity contribution is -0.302. The van der Waals surface area contributed by atoms with Crippen molar-refractivity contribution in [3.05, 3.63) is 134 Å². The van der Waals surface area contributed by atoms with Crippen molar-refractivity contribution < 1.29 is 39.8 Å². The Morgan fingerprint density at radius 3 is 1.25 bits per heavy atom. The molecular weight excluding hydrogens is 959 g/mol. The highest BCUT2D eigenvalue weighted by molar-refractivity contribution is 5.76. The molecule has 1 rings (SSSR count). The summed E-state index contributed by atoms with van der Waals surface area (Å²) in [6, 6.07) is -0.838. The number of carbonyl (C=O) groups is 1. The van der Waals surface area contributed by atoms with E-state index in [1.165, 1.54) is 103 Å². The predicted molar refractivity (Wildman–Crippen MR) is 327 cm³/mol. The highest BCUT2D eigenvalue weighted by Gasteiger charge is 2.44. The maximum Gasteiger partial charge on any atom is 0.220 e. The van der Waals surface area contributed by atoms with E-state index in [0.717, 1.165) is 109 Å². The monoisotopic (exact) mass is 1070 g/mol. The molecule has 0 aromatic rings. The highest BCUT2D eigenvalue weighted by atomic mass is 16.7. The largest absolute Gasteiger partial charge is 0.394 e. The molecule has 7 atom stereocenters.